The van der Waals surface area contributed by atoms with Crippen molar-refractivity contribution in [2.75, 3.05) is 6.16 Å². The standard InChI is InChI=1S/C34H71P.BrH/c1-4-7-10-24-29-34(30-25-11-8-5-2,31-26-12-9-6-3)32-27-22-20-18-16-14-13-15-17-19-21-23-28-33-35;/h4-33,35H2,1-3H3;1H. The summed E-state index contributed by atoms with van der Waals surface area (Å²) in [4.78, 5) is 0. The predicted molar refractivity (Wildman–Crippen MR) is 178 cm³/mol. The third-order valence-corrected chi connectivity index (χ3v) is 9.00. The first-order valence-electron chi connectivity index (χ1n) is 16.9. The number of unbranched alkanes of at least 4 members (excludes halogenated alkanes) is 21. The van der Waals surface area contributed by atoms with Crippen molar-refractivity contribution in [3.8, 4) is 0 Å². The Bertz CT molecular complexity index is 352. The van der Waals surface area contributed by atoms with Gasteiger partial charge >= 0.3 is 0 Å². The van der Waals surface area contributed by atoms with E-state index in [4.69, 9.17) is 0 Å². The summed E-state index contributed by atoms with van der Waals surface area (Å²) in [6.07, 6.45) is 44.0. The lowest BCUT2D eigenvalue weighted by Gasteiger charge is -2.35. The lowest BCUT2D eigenvalue weighted by atomic mass is 9.70. The molecular formula is C34H72BrP. The van der Waals surface area contributed by atoms with Crippen LogP contribution in [0.4, 0.5) is 0 Å². The van der Waals surface area contributed by atoms with E-state index < -0.39 is 0 Å². The number of rotatable bonds is 30. The van der Waals surface area contributed by atoms with Crippen LogP contribution in [0.3, 0.4) is 0 Å². The Kier molecular flexibility index (Phi) is 34.8. The van der Waals surface area contributed by atoms with Gasteiger partial charge in [0.2, 0.25) is 0 Å². The molecule has 36 heavy (non-hydrogen) atoms. The Morgan fingerprint density at radius 3 is 0.806 bits per heavy atom. The van der Waals surface area contributed by atoms with E-state index in [9.17, 15) is 0 Å². The second-order valence-electron chi connectivity index (χ2n) is 12.1. The first-order chi connectivity index (χ1) is 17.2. The summed E-state index contributed by atoms with van der Waals surface area (Å²) in [5.74, 6) is 0. The SMILES string of the molecule is Br.CCCCCCC(CCCCCC)(CCCCCC)CCCCCCCCCCCCCCCP. The Morgan fingerprint density at radius 2 is 0.556 bits per heavy atom. The zero-order chi connectivity index (χ0) is 25.7. The van der Waals surface area contributed by atoms with E-state index in [-0.39, 0.29) is 17.0 Å². The van der Waals surface area contributed by atoms with Gasteiger partial charge in [-0.25, -0.2) is 0 Å². The van der Waals surface area contributed by atoms with Gasteiger partial charge in [0.15, 0.2) is 0 Å². The van der Waals surface area contributed by atoms with Gasteiger partial charge in [-0.1, -0.05) is 175 Å². The fourth-order valence-electron chi connectivity index (χ4n) is 6.12. The molecule has 0 aliphatic rings. The average Bonchev–Trinajstić information content (AvgIpc) is 2.87. The Hall–Kier alpha value is 0.910. The van der Waals surface area contributed by atoms with Crippen molar-refractivity contribution in [3.63, 3.8) is 0 Å². The highest BCUT2D eigenvalue weighted by Crippen LogP contribution is 2.42. The van der Waals surface area contributed by atoms with Crippen molar-refractivity contribution in [3.05, 3.63) is 0 Å². The van der Waals surface area contributed by atoms with E-state index in [0.29, 0.717) is 5.41 Å². The van der Waals surface area contributed by atoms with Crippen molar-refractivity contribution < 1.29 is 0 Å². The second kappa shape index (κ2) is 32.1. The normalized spacial score (nSPS) is 11.7. The van der Waals surface area contributed by atoms with Gasteiger partial charge in [-0.15, -0.1) is 26.2 Å². The number of hydrogen-bond acceptors (Lipinski definition) is 0. The topological polar surface area (TPSA) is 0 Å². The second-order valence-corrected chi connectivity index (χ2v) is 12.6. The molecule has 0 fully saturated rings. The summed E-state index contributed by atoms with van der Waals surface area (Å²) >= 11 is 0. The molecule has 1 unspecified atom stereocenters. The van der Waals surface area contributed by atoms with Crippen LogP contribution >= 0.6 is 26.2 Å². The van der Waals surface area contributed by atoms with Gasteiger partial charge < -0.3 is 0 Å². The minimum atomic E-state index is 0. The molecule has 0 aromatic carbocycles. The number of hydrogen-bond donors (Lipinski definition) is 0. The van der Waals surface area contributed by atoms with Crippen LogP contribution in [0.15, 0.2) is 0 Å². The molecule has 0 aliphatic carbocycles. The molecule has 220 valence electrons. The lowest BCUT2D eigenvalue weighted by Crippen LogP contribution is -2.21. The van der Waals surface area contributed by atoms with Crippen molar-refractivity contribution >= 4 is 26.2 Å². The lowest BCUT2D eigenvalue weighted by molar-refractivity contribution is 0.172. The third-order valence-electron chi connectivity index (χ3n) is 8.59. The highest BCUT2D eigenvalue weighted by molar-refractivity contribution is 8.93. The molecule has 2 heteroatoms. The van der Waals surface area contributed by atoms with E-state index in [1.165, 1.54) is 192 Å². The van der Waals surface area contributed by atoms with Crippen LogP contribution in [0, 0.1) is 5.41 Å². The highest BCUT2D eigenvalue weighted by atomic mass is 79.9. The summed E-state index contributed by atoms with van der Waals surface area (Å²) in [6.45, 7) is 7.07. The average molecular weight is 592 g/mol. The fraction of sp³-hybridized carbons (Fsp3) is 1.00. The monoisotopic (exact) mass is 590 g/mol. The minimum Gasteiger partial charge on any atom is -0.138 e. The maximum absolute atomic E-state index is 2.86. The molecule has 0 spiro atoms. The Morgan fingerprint density at radius 1 is 0.333 bits per heavy atom. The summed E-state index contributed by atoms with van der Waals surface area (Å²) in [5.41, 5.74) is 0.686. The molecule has 0 nitrogen and oxygen atoms in total. The van der Waals surface area contributed by atoms with Crippen LogP contribution in [-0.2, 0) is 0 Å². The van der Waals surface area contributed by atoms with E-state index in [1.807, 2.05) is 0 Å². The van der Waals surface area contributed by atoms with Gasteiger partial charge in [0.05, 0.1) is 0 Å². The molecule has 0 amide bonds. The molecule has 0 radical (unpaired) electrons. The molecule has 0 aliphatic heterocycles. The van der Waals surface area contributed by atoms with E-state index >= 15 is 0 Å². The summed E-state index contributed by atoms with van der Waals surface area (Å²) in [6, 6.07) is 0. The van der Waals surface area contributed by atoms with Gasteiger partial charge in [0.25, 0.3) is 0 Å². The molecule has 0 aromatic rings. The summed E-state index contributed by atoms with van der Waals surface area (Å²) in [5, 5.41) is 0. The van der Waals surface area contributed by atoms with Gasteiger partial charge in [-0.05, 0) is 43.7 Å². The largest absolute Gasteiger partial charge is 0.138 e. The van der Waals surface area contributed by atoms with Crippen LogP contribution in [0.1, 0.15) is 207 Å². The third kappa shape index (κ3) is 26.5. The molecule has 0 heterocycles. The van der Waals surface area contributed by atoms with Gasteiger partial charge in [0.1, 0.15) is 0 Å². The molecule has 0 rings (SSSR count). The van der Waals surface area contributed by atoms with Crippen molar-refractivity contribution in [2.24, 2.45) is 5.41 Å². The smallest absolute Gasteiger partial charge is 0.0297 e. The van der Waals surface area contributed by atoms with Gasteiger partial charge in [0, 0.05) is 0 Å². The molecule has 0 saturated heterocycles. The van der Waals surface area contributed by atoms with Crippen LogP contribution in [-0.4, -0.2) is 6.16 Å². The quantitative estimate of drug-likeness (QED) is 0.0576. The molecule has 1 atom stereocenters. The van der Waals surface area contributed by atoms with Crippen molar-refractivity contribution in [2.45, 2.75) is 207 Å². The van der Waals surface area contributed by atoms with Crippen LogP contribution in [0.25, 0.3) is 0 Å². The van der Waals surface area contributed by atoms with Crippen molar-refractivity contribution in [1.82, 2.24) is 0 Å². The van der Waals surface area contributed by atoms with E-state index in [1.54, 1.807) is 0 Å². The predicted octanol–water partition coefficient (Wildman–Crippen LogP) is 13.8. The van der Waals surface area contributed by atoms with E-state index in [0.717, 1.165) is 0 Å². The van der Waals surface area contributed by atoms with E-state index in [2.05, 4.69) is 30.0 Å². The minimum absolute atomic E-state index is 0. The number of halogens is 1. The summed E-state index contributed by atoms with van der Waals surface area (Å²) in [7, 11) is 2.86. The zero-order valence-corrected chi connectivity index (χ0v) is 28.6. The molecule has 0 bridgehead atoms. The summed E-state index contributed by atoms with van der Waals surface area (Å²) < 4.78 is 0. The van der Waals surface area contributed by atoms with Gasteiger partial charge in [-0.2, -0.15) is 0 Å². The highest BCUT2D eigenvalue weighted by Gasteiger charge is 2.28. The van der Waals surface area contributed by atoms with Gasteiger partial charge in [-0.3, -0.25) is 0 Å². The fourth-order valence-corrected chi connectivity index (χ4v) is 6.41. The molecular weight excluding hydrogens is 519 g/mol. The molecule has 0 aromatic heterocycles. The molecule has 0 N–H and O–H groups in total. The van der Waals surface area contributed by atoms with Crippen LogP contribution in [0.2, 0.25) is 0 Å². The van der Waals surface area contributed by atoms with Crippen LogP contribution in [0.5, 0.6) is 0 Å². The Labute approximate surface area is 244 Å². The zero-order valence-electron chi connectivity index (χ0n) is 25.7. The van der Waals surface area contributed by atoms with Crippen molar-refractivity contribution in [1.29, 1.82) is 0 Å². The molecule has 0 saturated carbocycles. The first kappa shape index (κ1) is 39.1. The maximum Gasteiger partial charge on any atom is -0.0297 e. The first-order valence-corrected chi connectivity index (χ1v) is 17.8. The maximum atomic E-state index is 2.86. The Balaban J connectivity index is 0. The van der Waals surface area contributed by atoms with Crippen LogP contribution < -0.4 is 0 Å².